The standard InChI is InChI=1S/C26H21ClN2O4S/c27-22-11-5-4-10-21(22)24(30)28-29-25(31)23(34-26(29)32)17-19-12-14-20(15-13-19)33-16-6-9-18-7-2-1-3-8-18/h1-5,7-8,10-15,17H,6,9,16H2,(H,28,30)/b23-17-. The summed E-state index contributed by atoms with van der Waals surface area (Å²) in [6.45, 7) is 0.595. The number of imide groups is 1. The van der Waals surface area contributed by atoms with E-state index in [4.69, 9.17) is 16.3 Å². The molecule has 1 aliphatic heterocycles. The van der Waals surface area contributed by atoms with E-state index in [0.717, 1.165) is 35.9 Å². The number of carbonyl (C=O) groups excluding carboxylic acids is 3. The Balaban J connectivity index is 1.32. The zero-order valence-corrected chi connectivity index (χ0v) is 19.6. The van der Waals surface area contributed by atoms with Crippen LogP contribution < -0.4 is 10.2 Å². The van der Waals surface area contributed by atoms with Crippen molar-refractivity contribution in [1.82, 2.24) is 10.4 Å². The molecule has 1 heterocycles. The van der Waals surface area contributed by atoms with Crippen molar-refractivity contribution < 1.29 is 19.1 Å². The highest BCUT2D eigenvalue weighted by molar-refractivity contribution is 8.18. The van der Waals surface area contributed by atoms with E-state index in [-0.39, 0.29) is 15.5 Å². The van der Waals surface area contributed by atoms with E-state index >= 15 is 0 Å². The zero-order valence-electron chi connectivity index (χ0n) is 18.1. The number of nitrogens with zero attached hydrogens (tertiary/aromatic N) is 1. The molecule has 0 atom stereocenters. The molecule has 172 valence electrons. The molecule has 1 saturated heterocycles. The second kappa shape index (κ2) is 11.0. The fourth-order valence-corrected chi connectivity index (χ4v) is 4.30. The van der Waals surface area contributed by atoms with Crippen molar-refractivity contribution in [2.75, 3.05) is 6.61 Å². The summed E-state index contributed by atoms with van der Waals surface area (Å²) in [6, 6.07) is 23.9. The summed E-state index contributed by atoms with van der Waals surface area (Å²) in [4.78, 5) is 37.6. The van der Waals surface area contributed by atoms with Crippen molar-refractivity contribution in [2.24, 2.45) is 0 Å². The first kappa shape index (κ1) is 23.6. The van der Waals surface area contributed by atoms with Crippen LogP contribution in [0.3, 0.4) is 0 Å². The lowest BCUT2D eigenvalue weighted by molar-refractivity contribution is -0.124. The van der Waals surface area contributed by atoms with Crippen LogP contribution in [-0.2, 0) is 11.2 Å². The van der Waals surface area contributed by atoms with Crippen molar-refractivity contribution in [3.05, 3.63) is 105 Å². The van der Waals surface area contributed by atoms with E-state index in [2.05, 4.69) is 17.6 Å². The van der Waals surface area contributed by atoms with E-state index < -0.39 is 17.1 Å². The van der Waals surface area contributed by atoms with E-state index in [0.29, 0.717) is 11.6 Å². The molecular formula is C26H21ClN2O4S. The molecule has 0 spiro atoms. The Kier molecular flexibility index (Phi) is 7.67. The number of hydrazine groups is 1. The summed E-state index contributed by atoms with van der Waals surface area (Å²) in [5.41, 5.74) is 4.51. The first-order chi connectivity index (χ1) is 16.5. The van der Waals surface area contributed by atoms with Gasteiger partial charge in [-0.05, 0) is 66.1 Å². The van der Waals surface area contributed by atoms with Crippen molar-refractivity contribution in [3.63, 3.8) is 0 Å². The lowest BCUT2D eigenvalue weighted by Gasteiger charge is -2.14. The van der Waals surface area contributed by atoms with Gasteiger partial charge in [0, 0.05) is 0 Å². The topological polar surface area (TPSA) is 75.7 Å². The second-order valence-corrected chi connectivity index (χ2v) is 8.84. The maximum atomic E-state index is 12.7. The third kappa shape index (κ3) is 5.87. The highest BCUT2D eigenvalue weighted by Crippen LogP contribution is 2.31. The van der Waals surface area contributed by atoms with Gasteiger partial charge in [0.25, 0.3) is 11.8 Å². The number of hydrogen-bond acceptors (Lipinski definition) is 5. The van der Waals surface area contributed by atoms with Crippen LogP contribution in [0, 0.1) is 0 Å². The number of carbonyl (C=O) groups is 3. The first-order valence-corrected chi connectivity index (χ1v) is 11.8. The average Bonchev–Trinajstić information content (AvgIpc) is 3.11. The molecule has 0 aromatic heterocycles. The smallest absolute Gasteiger partial charge is 0.312 e. The predicted octanol–water partition coefficient (Wildman–Crippen LogP) is 5.73. The minimum atomic E-state index is -0.636. The van der Waals surface area contributed by atoms with E-state index in [1.165, 1.54) is 11.6 Å². The van der Waals surface area contributed by atoms with Crippen LogP contribution in [0.5, 0.6) is 5.75 Å². The number of hydrogen-bond donors (Lipinski definition) is 1. The summed E-state index contributed by atoms with van der Waals surface area (Å²) in [6.07, 6.45) is 3.45. The summed E-state index contributed by atoms with van der Waals surface area (Å²) in [5, 5.41) is 0.340. The Morgan fingerprint density at radius 2 is 1.68 bits per heavy atom. The van der Waals surface area contributed by atoms with Crippen LogP contribution in [0.4, 0.5) is 4.79 Å². The van der Waals surface area contributed by atoms with E-state index in [1.807, 2.05) is 42.5 Å². The fraction of sp³-hybridized carbons (Fsp3) is 0.115. The monoisotopic (exact) mass is 492 g/mol. The molecule has 3 amide bonds. The normalized spacial score (nSPS) is 14.5. The van der Waals surface area contributed by atoms with Crippen LogP contribution in [-0.4, -0.2) is 28.7 Å². The Morgan fingerprint density at radius 3 is 2.41 bits per heavy atom. The second-order valence-electron chi connectivity index (χ2n) is 7.44. The van der Waals surface area contributed by atoms with Crippen molar-refractivity contribution in [2.45, 2.75) is 12.8 Å². The highest BCUT2D eigenvalue weighted by Gasteiger charge is 2.37. The van der Waals surface area contributed by atoms with Gasteiger partial charge in [0.15, 0.2) is 0 Å². The molecule has 0 saturated carbocycles. The number of benzene rings is 3. The molecule has 4 rings (SSSR count). The number of aryl methyl sites for hydroxylation is 1. The predicted molar refractivity (Wildman–Crippen MR) is 133 cm³/mol. The summed E-state index contributed by atoms with van der Waals surface area (Å²) >= 11 is 6.77. The van der Waals surface area contributed by atoms with Crippen LogP contribution in [0.15, 0.2) is 83.8 Å². The van der Waals surface area contributed by atoms with Gasteiger partial charge in [0.05, 0.1) is 22.1 Å². The Hall–Kier alpha value is -3.55. The largest absolute Gasteiger partial charge is 0.494 e. The van der Waals surface area contributed by atoms with E-state index in [1.54, 1.807) is 24.3 Å². The molecule has 3 aromatic rings. The third-order valence-corrected chi connectivity index (χ3v) is 6.22. The van der Waals surface area contributed by atoms with Crippen molar-refractivity contribution in [3.8, 4) is 5.75 Å². The number of thioether (sulfide) groups is 1. The molecule has 34 heavy (non-hydrogen) atoms. The minimum Gasteiger partial charge on any atom is -0.494 e. The van der Waals surface area contributed by atoms with Crippen molar-refractivity contribution in [1.29, 1.82) is 0 Å². The maximum absolute atomic E-state index is 12.7. The first-order valence-electron chi connectivity index (χ1n) is 10.6. The van der Waals surface area contributed by atoms with Gasteiger partial charge in [-0.25, -0.2) is 0 Å². The molecule has 1 fully saturated rings. The fourth-order valence-electron chi connectivity index (χ4n) is 3.29. The van der Waals surface area contributed by atoms with Gasteiger partial charge >= 0.3 is 5.24 Å². The van der Waals surface area contributed by atoms with Gasteiger partial charge in [0.2, 0.25) is 0 Å². The summed E-state index contributed by atoms with van der Waals surface area (Å²) < 4.78 is 5.79. The molecule has 0 bridgehead atoms. The van der Waals surface area contributed by atoms with Crippen LogP contribution in [0.25, 0.3) is 6.08 Å². The van der Waals surface area contributed by atoms with Gasteiger partial charge in [0.1, 0.15) is 5.75 Å². The molecule has 8 heteroatoms. The molecule has 0 unspecified atom stereocenters. The molecule has 1 N–H and O–H groups in total. The summed E-state index contributed by atoms with van der Waals surface area (Å²) in [7, 11) is 0. The number of amides is 3. The Labute approximate surface area is 206 Å². The zero-order chi connectivity index (χ0) is 23.9. The SMILES string of the molecule is O=C(NN1C(=O)S/C(=C\c2ccc(OCCCc3ccccc3)cc2)C1=O)c1ccccc1Cl. The minimum absolute atomic E-state index is 0.173. The van der Waals surface area contributed by atoms with E-state index in [9.17, 15) is 14.4 Å². The lowest BCUT2D eigenvalue weighted by atomic mass is 10.1. The number of nitrogens with one attached hydrogen (secondary N) is 1. The van der Waals surface area contributed by atoms with Gasteiger partial charge in [-0.15, -0.1) is 0 Å². The van der Waals surface area contributed by atoms with Crippen LogP contribution in [0.1, 0.15) is 27.9 Å². The molecule has 0 aliphatic carbocycles. The Morgan fingerprint density at radius 1 is 0.971 bits per heavy atom. The third-order valence-electron chi connectivity index (χ3n) is 5.02. The lowest BCUT2D eigenvalue weighted by Crippen LogP contribution is -2.45. The molecular weight excluding hydrogens is 472 g/mol. The molecule has 0 radical (unpaired) electrons. The Bertz CT molecular complexity index is 1230. The van der Waals surface area contributed by atoms with Crippen molar-refractivity contribution >= 4 is 46.5 Å². The highest BCUT2D eigenvalue weighted by atomic mass is 35.5. The van der Waals surface area contributed by atoms with Crippen LogP contribution >= 0.6 is 23.4 Å². The van der Waals surface area contributed by atoms with Crippen LogP contribution in [0.2, 0.25) is 5.02 Å². The molecule has 6 nitrogen and oxygen atoms in total. The number of rotatable bonds is 8. The van der Waals surface area contributed by atoms with Gasteiger partial charge in [-0.2, -0.15) is 5.01 Å². The summed E-state index contributed by atoms with van der Waals surface area (Å²) in [5.74, 6) is -0.509. The van der Waals surface area contributed by atoms with Gasteiger partial charge < -0.3 is 4.74 Å². The van der Waals surface area contributed by atoms with Gasteiger partial charge in [-0.3, -0.25) is 19.8 Å². The molecule has 3 aromatic carbocycles. The maximum Gasteiger partial charge on any atom is 0.312 e. The number of ether oxygens (including phenoxy) is 1. The quantitative estimate of drug-likeness (QED) is 0.321. The molecule has 1 aliphatic rings. The van der Waals surface area contributed by atoms with Gasteiger partial charge in [-0.1, -0.05) is 66.2 Å². The average molecular weight is 493 g/mol. The number of halogens is 1.